The number of nitrogens with zero attached hydrogens (tertiary/aromatic N) is 2. The summed E-state index contributed by atoms with van der Waals surface area (Å²) in [6, 6.07) is 0. The quantitative estimate of drug-likeness (QED) is 0.896. The van der Waals surface area contributed by atoms with Gasteiger partial charge in [0.15, 0.2) is 0 Å². The van der Waals surface area contributed by atoms with Gasteiger partial charge in [-0.05, 0) is 48.7 Å². The maximum absolute atomic E-state index is 5.73. The minimum atomic E-state index is 0.558. The average molecular weight is 274 g/mol. The van der Waals surface area contributed by atoms with Crippen LogP contribution in [-0.2, 0) is 13.0 Å². The fourth-order valence-electron chi connectivity index (χ4n) is 1.73. The molecule has 4 heteroatoms. The van der Waals surface area contributed by atoms with E-state index in [-0.39, 0.29) is 0 Å². The minimum absolute atomic E-state index is 0.558. The van der Waals surface area contributed by atoms with Crippen molar-refractivity contribution in [2.45, 2.75) is 40.2 Å². The third-order valence-electron chi connectivity index (χ3n) is 2.85. The second-order valence-corrected chi connectivity index (χ2v) is 4.67. The van der Waals surface area contributed by atoms with Gasteiger partial charge in [0.05, 0.1) is 15.9 Å². The summed E-state index contributed by atoms with van der Waals surface area (Å²) in [4.78, 5) is 0. The molecule has 0 fully saturated rings. The van der Waals surface area contributed by atoms with Gasteiger partial charge in [0.2, 0.25) is 0 Å². The molecule has 0 spiro atoms. The van der Waals surface area contributed by atoms with Crippen LogP contribution in [0.5, 0.6) is 0 Å². The topological polar surface area (TPSA) is 43.8 Å². The van der Waals surface area contributed by atoms with Crippen molar-refractivity contribution >= 4 is 15.9 Å². The number of hydrogen-bond acceptors (Lipinski definition) is 2. The van der Waals surface area contributed by atoms with Crippen LogP contribution < -0.4 is 5.73 Å². The predicted octanol–water partition coefficient (Wildman–Crippen LogP) is 2.50. The van der Waals surface area contributed by atoms with Crippen molar-refractivity contribution in [3.63, 3.8) is 0 Å². The highest BCUT2D eigenvalue weighted by molar-refractivity contribution is 9.10. The molecule has 0 aliphatic heterocycles. The average Bonchev–Trinajstić information content (AvgIpc) is 2.52. The first-order valence-electron chi connectivity index (χ1n) is 5.55. The van der Waals surface area contributed by atoms with Gasteiger partial charge in [-0.2, -0.15) is 5.10 Å². The van der Waals surface area contributed by atoms with Crippen LogP contribution in [0.2, 0.25) is 0 Å². The summed E-state index contributed by atoms with van der Waals surface area (Å²) in [6.07, 6.45) is 2.14. The molecule has 15 heavy (non-hydrogen) atoms. The number of aryl methyl sites for hydroxylation is 2. The van der Waals surface area contributed by atoms with Crippen LogP contribution in [-0.4, -0.2) is 16.3 Å². The predicted molar refractivity (Wildman–Crippen MR) is 66.9 cm³/mol. The second kappa shape index (κ2) is 5.66. The third-order valence-corrected chi connectivity index (χ3v) is 3.88. The van der Waals surface area contributed by atoms with Crippen LogP contribution in [0, 0.1) is 12.8 Å². The van der Waals surface area contributed by atoms with E-state index in [4.69, 9.17) is 5.73 Å². The summed E-state index contributed by atoms with van der Waals surface area (Å²) in [5.41, 5.74) is 8.09. The Kier molecular flexibility index (Phi) is 4.80. The van der Waals surface area contributed by atoms with E-state index >= 15 is 0 Å². The van der Waals surface area contributed by atoms with Gasteiger partial charge in [-0.25, -0.2) is 0 Å². The Hall–Kier alpha value is -0.350. The van der Waals surface area contributed by atoms with Crippen LogP contribution in [0.3, 0.4) is 0 Å². The lowest BCUT2D eigenvalue weighted by Gasteiger charge is -2.13. The molecule has 1 aromatic heterocycles. The van der Waals surface area contributed by atoms with E-state index in [0.29, 0.717) is 5.92 Å². The molecule has 86 valence electrons. The normalized spacial score (nSPS) is 13.1. The fourth-order valence-corrected chi connectivity index (χ4v) is 2.18. The van der Waals surface area contributed by atoms with Crippen molar-refractivity contribution < 1.29 is 0 Å². The van der Waals surface area contributed by atoms with Gasteiger partial charge in [-0.1, -0.05) is 13.3 Å². The van der Waals surface area contributed by atoms with E-state index in [2.05, 4.69) is 39.6 Å². The Morgan fingerprint density at radius 2 is 2.13 bits per heavy atom. The third kappa shape index (κ3) is 2.82. The molecule has 0 radical (unpaired) electrons. The molecule has 0 aliphatic rings. The maximum atomic E-state index is 5.73. The van der Waals surface area contributed by atoms with E-state index in [9.17, 15) is 0 Å². The van der Waals surface area contributed by atoms with E-state index in [1.165, 1.54) is 5.69 Å². The zero-order valence-electron chi connectivity index (χ0n) is 9.76. The molecule has 1 rings (SSSR count). The summed E-state index contributed by atoms with van der Waals surface area (Å²) in [7, 11) is 0. The van der Waals surface area contributed by atoms with Crippen molar-refractivity contribution in [2.24, 2.45) is 11.7 Å². The van der Waals surface area contributed by atoms with Gasteiger partial charge in [-0.3, -0.25) is 4.68 Å². The monoisotopic (exact) mass is 273 g/mol. The van der Waals surface area contributed by atoms with Crippen molar-refractivity contribution in [3.05, 3.63) is 15.9 Å². The maximum Gasteiger partial charge on any atom is 0.0738 e. The molecule has 3 nitrogen and oxygen atoms in total. The van der Waals surface area contributed by atoms with Crippen molar-refractivity contribution in [2.75, 3.05) is 6.54 Å². The number of rotatable bonds is 5. The van der Waals surface area contributed by atoms with E-state index in [1.54, 1.807) is 0 Å². The summed E-state index contributed by atoms with van der Waals surface area (Å²) < 4.78 is 3.22. The molecule has 1 aromatic rings. The molecule has 2 N–H and O–H groups in total. The molecule has 0 bridgehead atoms. The first-order chi connectivity index (χ1) is 7.13. The van der Waals surface area contributed by atoms with Gasteiger partial charge < -0.3 is 5.73 Å². The fraction of sp³-hybridized carbons (Fsp3) is 0.727. The van der Waals surface area contributed by atoms with Gasteiger partial charge in [0.25, 0.3) is 0 Å². The largest absolute Gasteiger partial charge is 0.330 e. The molecule has 0 saturated heterocycles. The van der Waals surface area contributed by atoms with E-state index in [1.807, 2.05) is 6.92 Å². The summed E-state index contributed by atoms with van der Waals surface area (Å²) in [5.74, 6) is 0.558. The van der Waals surface area contributed by atoms with Crippen LogP contribution >= 0.6 is 15.9 Å². The van der Waals surface area contributed by atoms with Gasteiger partial charge >= 0.3 is 0 Å². The highest BCUT2D eigenvalue weighted by Gasteiger charge is 2.15. The lowest BCUT2D eigenvalue weighted by molar-refractivity contribution is 0.487. The van der Waals surface area contributed by atoms with Crippen molar-refractivity contribution in [1.29, 1.82) is 0 Å². The molecule has 0 aliphatic carbocycles. The lowest BCUT2D eigenvalue weighted by Crippen LogP contribution is -2.18. The highest BCUT2D eigenvalue weighted by Crippen LogP contribution is 2.24. The zero-order valence-corrected chi connectivity index (χ0v) is 11.3. The molecule has 0 amide bonds. The molecule has 1 atom stereocenters. The standard InChI is InChI=1S/C11H20BrN3/c1-4-9(7-13)6-10-11(12)8(3)14-15(10)5-2/h9H,4-7,13H2,1-3H3. The Bertz CT molecular complexity index is 316. The van der Waals surface area contributed by atoms with Crippen LogP contribution in [0.25, 0.3) is 0 Å². The zero-order chi connectivity index (χ0) is 11.4. The first kappa shape index (κ1) is 12.7. The van der Waals surface area contributed by atoms with E-state index < -0.39 is 0 Å². The molecule has 0 saturated carbocycles. The summed E-state index contributed by atoms with van der Waals surface area (Å²) in [5, 5.41) is 4.48. The summed E-state index contributed by atoms with van der Waals surface area (Å²) >= 11 is 3.60. The Balaban J connectivity index is 2.91. The van der Waals surface area contributed by atoms with Crippen molar-refractivity contribution in [1.82, 2.24) is 9.78 Å². The van der Waals surface area contributed by atoms with Crippen LogP contribution in [0.4, 0.5) is 0 Å². The number of hydrogen-bond donors (Lipinski definition) is 1. The number of aromatic nitrogens is 2. The molecular formula is C11H20BrN3. The van der Waals surface area contributed by atoms with Crippen LogP contribution in [0.1, 0.15) is 31.7 Å². The smallest absolute Gasteiger partial charge is 0.0738 e. The van der Waals surface area contributed by atoms with E-state index in [0.717, 1.165) is 36.1 Å². The Morgan fingerprint density at radius 3 is 2.60 bits per heavy atom. The first-order valence-corrected chi connectivity index (χ1v) is 6.35. The minimum Gasteiger partial charge on any atom is -0.330 e. The Labute approximate surface area is 100 Å². The molecular weight excluding hydrogens is 254 g/mol. The van der Waals surface area contributed by atoms with Gasteiger partial charge in [-0.15, -0.1) is 0 Å². The second-order valence-electron chi connectivity index (χ2n) is 3.88. The molecule has 0 aromatic carbocycles. The lowest BCUT2D eigenvalue weighted by atomic mass is 10.0. The SMILES string of the molecule is CCC(CN)Cc1c(Br)c(C)nn1CC. The molecule has 1 heterocycles. The highest BCUT2D eigenvalue weighted by atomic mass is 79.9. The van der Waals surface area contributed by atoms with Crippen molar-refractivity contribution in [3.8, 4) is 0 Å². The summed E-state index contributed by atoms with van der Waals surface area (Å²) in [6.45, 7) is 8.00. The van der Waals surface area contributed by atoms with Gasteiger partial charge in [0.1, 0.15) is 0 Å². The number of halogens is 1. The number of nitrogens with two attached hydrogens (primary N) is 1. The molecule has 1 unspecified atom stereocenters. The van der Waals surface area contributed by atoms with Gasteiger partial charge in [0, 0.05) is 6.54 Å². The Morgan fingerprint density at radius 1 is 1.47 bits per heavy atom. The van der Waals surface area contributed by atoms with Crippen LogP contribution in [0.15, 0.2) is 4.47 Å².